The van der Waals surface area contributed by atoms with Crippen LogP contribution in [0.15, 0.2) is 77.3 Å². The average Bonchev–Trinajstić information content (AvgIpc) is 2.86. The van der Waals surface area contributed by atoms with Gasteiger partial charge >= 0.3 is 0 Å². The van der Waals surface area contributed by atoms with E-state index in [0.29, 0.717) is 31.2 Å². The fourth-order valence-corrected chi connectivity index (χ4v) is 4.11. The van der Waals surface area contributed by atoms with Gasteiger partial charge in [0, 0.05) is 24.0 Å². The number of nitrogens with zero attached hydrogens (tertiary/aromatic N) is 1. The first kappa shape index (κ1) is 27.5. The van der Waals surface area contributed by atoms with Gasteiger partial charge in [-0.25, -0.2) is 0 Å². The van der Waals surface area contributed by atoms with Crippen molar-refractivity contribution >= 4 is 27.7 Å². The standard InChI is InChI=1S/C30H35BrN2O3/c1-21(2)18-32-30(35)27(17-24-8-6-5-7-9-24)33(19-25-12-14-26(31)15-13-25)29(34)20-36-28-16-22(3)10-11-23(28)4/h5-16,21,27H,17-20H2,1-4H3,(H,32,35). The molecule has 1 unspecified atom stereocenters. The first-order valence-corrected chi connectivity index (χ1v) is 13.1. The van der Waals surface area contributed by atoms with E-state index < -0.39 is 6.04 Å². The Labute approximate surface area is 223 Å². The molecule has 3 rings (SSSR count). The Morgan fingerprint density at radius 3 is 2.31 bits per heavy atom. The average molecular weight is 552 g/mol. The van der Waals surface area contributed by atoms with E-state index in [1.807, 2.05) is 86.6 Å². The number of hydrogen-bond acceptors (Lipinski definition) is 3. The zero-order chi connectivity index (χ0) is 26.1. The van der Waals surface area contributed by atoms with Crippen LogP contribution in [0.5, 0.6) is 5.75 Å². The van der Waals surface area contributed by atoms with Crippen molar-refractivity contribution in [3.05, 3.63) is 99.5 Å². The number of carbonyl (C=O) groups is 2. The van der Waals surface area contributed by atoms with Gasteiger partial charge in [0.1, 0.15) is 11.8 Å². The Balaban J connectivity index is 1.91. The van der Waals surface area contributed by atoms with Crippen LogP contribution in [0.1, 0.15) is 36.1 Å². The van der Waals surface area contributed by atoms with Crippen LogP contribution in [0, 0.1) is 19.8 Å². The highest BCUT2D eigenvalue weighted by Gasteiger charge is 2.30. The maximum absolute atomic E-state index is 13.7. The third kappa shape index (κ3) is 8.23. The van der Waals surface area contributed by atoms with Crippen LogP contribution in [0.3, 0.4) is 0 Å². The molecule has 5 nitrogen and oxygen atoms in total. The molecule has 0 radical (unpaired) electrons. The SMILES string of the molecule is Cc1ccc(C)c(OCC(=O)N(Cc2ccc(Br)cc2)C(Cc2ccccc2)C(=O)NCC(C)C)c1. The topological polar surface area (TPSA) is 58.6 Å². The van der Waals surface area contributed by atoms with Crippen LogP contribution in [0.4, 0.5) is 0 Å². The number of halogens is 1. The van der Waals surface area contributed by atoms with Gasteiger partial charge in [-0.15, -0.1) is 0 Å². The largest absolute Gasteiger partial charge is 0.483 e. The number of carbonyl (C=O) groups excluding carboxylic acids is 2. The van der Waals surface area contributed by atoms with E-state index in [2.05, 4.69) is 35.1 Å². The van der Waals surface area contributed by atoms with E-state index >= 15 is 0 Å². The van der Waals surface area contributed by atoms with Crippen molar-refractivity contribution < 1.29 is 14.3 Å². The van der Waals surface area contributed by atoms with Crippen LogP contribution < -0.4 is 10.1 Å². The lowest BCUT2D eigenvalue weighted by atomic mass is 10.0. The molecule has 3 aromatic carbocycles. The number of rotatable bonds is 11. The summed E-state index contributed by atoms with van der Waals surface area (Å²) in [6.07, 6.45) is 0.413. The molecule has 0 aliphatic carbocycles. The maximum Gasteiger partial charge on any atom is 0.261 e. The summed E-state index contributed by atoms with van der Waals surface area (Å²) >= 11 is 3.47. The van der Waals surface area contributed by atoms with Gasteiger partial charge in [-0.3, -0.25) is 9.59 Å². The molecule has 3 aromatic rings. The van der Waals surface area contributed by atoms with E-state index in [0.717, 1.165) is 26.7 Å². The van der Waals surface area contributed by atoms with Crippen molar-refractivity contribution in [1.82, 2.24) is 10.2 Å². The smallest absolute Gasteiger partial charge is 0.261 e. The lowest BCUT2D eigenvalue weighted by molar-refractivity contribution is -0.142. The highest BCUT2D eigenvalue weighted by molar-refractivity contribution is 9.10. The fraction of sp³-hybridized carbons (Fsp3) is 0.333. The number of aryl methyl sites for hydroxylation is 2. The lowest BCUT2D eigenvalue weighted by Crippen LogP contribution is -2.52. The number of benzene rings is 3. The zero-order valence-corrected chi connectivity index (χ0v) is 23.0. The molecule has 0 bridgehead atoms. The fourth-order valence-electron chi connectivity index (χ4n) is 3.85. The minimum atomic E-state index is -0.676. The Morgan fingerprint density at radius 2 is 1.64 bits per heavy atom. The summed E-state index contributed by atoms with van der Waals surface area (Å²) in [5.74, 6) is 0.578. The number of amides is 2. The maximum atomic E-state index is 13.7. The van der Waals surface area contributed by atoms with Gasteiger partial charge in [0.15, 0.2) is 6.61 Å². The van der Waals surface area contributed by atoms with Crippen molar-refractivity contribution in [2.24, 2.45) is 5.92 Å². The van der Waals surface area contributed by atoms with Gasteiger partial charge < -0.3 is 15.0 Å². The molecular formula is C30H35BrN2O3. The van der Waals surface area contributed by atoms with Gasteiger partial charge in [-0.2, -0.15) is 0 Å². The Bertz CT molecular complexity index is 1150. The van der Waals surface area contributed by atoms with Crippen molar-refractivity contribution in [2.75, 3.05) is 13.2 Å². The highest BCUT2D eigenvalue weighted by atomic mass is 79.9. The quantitative estimate of drug-likeness (QED) is 0.325. The van der Waals surface area contributed by atoms with Gasteiger partial charge in [0.2, 0.25) is 5.91 Å². The molecule has 1 atom stereocenters. The molecule has 0 heterocycles. The molecule has 0 aliphatic heterocycles. The third-order valence-corrected chi connectivity index (χ3v) is 6.45. The van der Waals surface area contributed by atoms with Gasteiger partial charge in [-0.05, 0) is 60.2 Å². The zero-order valence-electron chi connectivity index (χ0n) is 21.5. The van der Waals surface area contributed by atoms with Crippen LogP contribution in [-0.4, -0.2) is 35.9 Å². The normalized spacial score (nSPS) is 11.7. The van der Waals surface area contributed by atoms with E-state index in [4.69, 9.17) is 4.74 Å². The minimum absolute atomic E-state index is 0.149. The summed E-state index contributed by atoms with van der Waals surface area (Å²) < 4.78 is 6.92. The van der Waals surface area contributed by atoms with E-state index in [1.54, 1.807) is 4.90 Å². The van der Waals surface area contributed by atoms with E-state index in [9.17, 15) is 9.59 Å². The summed E-state index contributed by atoms with van der Waals surface area (Å²) in [5.41, 5.74) is 3.95. The lowest BCUT2D eigenvalue weighted by Gasteiger charge is -2.32. The number of hydrogen-bond donors (Lipinski definition) is 1. The van der Waals surface area contributed by atoms with Crippen LogP contribution in [-0.2, 0) is 22.6 Å². The molecule has 0 fully saturated rings. The molecule has 6 heteroatoms. The van der Waals surface area contributed by atoms with Crippen molar-refractivity contribution in [3.63, 3.8) is 0 Å². The monoisotopic (exact) mass is 550 g/mol. The first-order chi connectivity index (χ1) is 17.2. The van der Waals surface area contributed by atoms with Crippen molar-refractivity contribution in [1.29, 1.82) is 0 Å². The summed E-state index contributed by atoms with van der Waals surface area (Å²) in [4.78, 5) is 28.8. The highest BCUT2D eigenvalue weighted by Crippen LogP contribution is 2.21. The van der Waals surface area contributed by atoms with Gasteiger partial charge in [0.05, 0.1) is 0 Å². The second kappa shape index (κ2) is 13.3. The van der Waals surface area contributed by atoms with Crippen LogP contribution >= 0.6 is 15.9 Å². The Kier molecular flexibility index (Phi) is 10.1. The molecule has 0 aliphatic rings. The molecule has 0 spiro atoms. The molecule has 190 valence electrons. The second-order valence-corrected chi connectivity index (χ2v) is 10.5. The minimum Gasteiger partial charge on any atom is -0.483 e. The molecule has 0 saturated carbocycles. The molecule has 36 heavy (non-hydrogen) atoms. The molecule has 0 aromatic heterocycles. The molecule has 0 saturated heterocycles. The van der Waals surface area contributed by atoms with Gasteiger partial charge in [0.25, 0.3) is 5.91 Å². The molecular weight excluding hydrogens is 516 g/mol. The number of ether oxygens (including phenoxy) is 1. The predicted octanol–water partition coefficient (Wildman–Crippen LogP) is 5.86. The van der Waals surface area contributed by atoms with E-state index in [1.165, 1.54) is 0 Å². The first-order valence-electron chi connectivity index (χ1n) is 12.3. The van der Waals surface area contributed by atoms with Crippen LogP contribution in [0.2, 0.25) is 0 Å². The molecule has 2 amide bonds. The number of nitrogens with one attached hydrogen (secondary N) is 1. The second-order valence-electron chi connectivity index (χ2n) is 9.55. The molecule has 1 N–H and O–H groups in total. The van der Waals surface area contributed by atoms with Gasteiger partial charge in [-0.1, -0.05) is 84.4 Å². The Hall–Kier alpha value is -3.12. The predicted molar refractivity (Wildman–Crippen MR) is 148 cm³/mol. The van der Waals surface area contributed by atoms with Crippen molar-refractivity contribution in [2.45, 2.75) is 46.7 Å². The third-order valence-electron chi connectivity index (χ3n) is 5.92. The van der Waals surface area contributed by atoms with Crippen LogP contribution in [0.25, 0.3) is 0 Å². The summed E-state index contributed by atoms with van der Waals surface area (Å²) in [5, 5.41) is 3.04. The summed E-state index contributed by atoms with van der Waals surface area (Å²) in [6.45, 7) is 8.74. The Morgan fingerprint density at radius 1 is 0.944 bits per heavy atom. The van der Waals surface area contributed by atoms with Crippen molar-refractivity contribution in [3.8, 4) is 5.75 Å². The van der Waals surface area contributed by atoms with E-state index in [-0.39, 0.29) is 18.4 Å². The summed E-state index contributed by atoms with van der Waals surface area (Å²) in [7, 11) is 0. The summed E-state index contributed by atoms with van der Waals surface area (Å²) in [6, 6.07) is 22.9.